The summed E-state index contributed by atoms with van der Waals surface area (Å²) in [6.45, 7) is 3.63. The quantitative estimate of drug-likeness (QED) is 0.573. The topological polar surface area (TPSA) is 104 Å². The van der Waals surface area contributed by atoms with Crippen LogP contribution in [0, 0.1) is 19.7 Å². The lowest BCUT2D eigenvalue weighted by Gasteiger charge is -2.35. The molecule has 1 aliphatic rings. The second-order valence-electron chi connectivity index (χ2n) is 7.58. The van der Waals surface area contributed by atoms with Crippen molar-refractivity contribution in [2.75, 3.05) is 5.43 Å². The van der Waals surface area contributed by atoms with Gasteiger partial charge in [0.1, 0.15) is 11.9 Å². The average molecular weight is 456 g/mol. The van der Waals surface area contributed by atoms with Gasteiger partial charge in [-0.2, -0.15) is 4.31 Å². The minimum absolute atomic E-state index is 0.0218. The van der Waals surface area contributed by atoms with Crippen LogP contribution in [0.4, 0.5) is 10.3 Å². The number of hydrogen-bond donors (Lipinski definition) is 2. The number of carbonyl (C=O) groups excluding carboxylic acids is 1. The van der Waals surface area contributed by atoms with Crippen molar-refractivity contribution < 1.29 is 17.6 Å². The second-order valence-corrected chi connectivity index (χ2v) is 9.47. The summed E-state index contributed by atoms with van der Waals surface area (Å²) in [6.07, 6.45) is 0.192. The van der Waals surface area contributed by atoms with Gasteiger partial charge in [0.25, 0.3) is 5.91 Å². The van der Waals surface area contributed by atoms with E-state index in [0.29, 0.717) is 0 Å². The van der Waals surface area contributed by atoms with E-state index >= 15 is 0 Å². The number of hydrazine groups is 1. The maximum absolute atomic E-state index is 13.4. The Bertz CT molecular complexity index is 1240. The fraction of sp³-hybridized carbons (Fsp3) is 0.227. The highest BCUT2D eigenvalue weighted by molar-refractivity contribution is 7.89. The van der Waals surface area contributed by atoms with Crippen molar-refractivity contribution in [1.82, 2.24) is 19.7 Å². The second kappa shape index (κ2) is 8.64. The van der Waals surface area contributed by atoms with Crippen LogP contribution in [-0.4, -0.2) is 34.6 Å². The number of nitrogens with one attached hydrogen (secondary N) is 2. The molecule has 2 aromatic carbocycles. The molecule has 0 bridgehead atoms. The normalized spacial score (nSPS) is 16.3. The number of aryl methyl sites for hydroxylation is 2. The predicted octanol–water partition coefficient (Wildman–Crippen LogP) is 2.49. The number of fused-ring (bicyclic) bond motifs is 1. The van der Waals surface area contributed by atoms with E-state index < -0.39 is 27.8 Å². The number of halogens is 1. The molecule has 166 valence electrons. The zero-order valence-electron chi connectivity index (χ0n) is 17.5. The largest absolute Gasteiger partial charge is 0.271 e. The first-order valence-corrected chi connectivity index (χ1v) is 11.4. The van der Waals surface area contributed by atoms with Crippen molar-refractivity contribution in [3.8, 4) is 0 Å². The van der Waals surface area contributed by atoms with Gasteiger partial charge in [-0.25, -0.2) is 22.8 Å². The zero-order valence-corrected chi connectivity index (χ0v) is 18.4. The van der Waals surface area contributed by atoms with E-state index in [1.807, 2.05) is 24.3 Å². The molecule has 1 atom stereocenters. The highest BCUT2D eigenvalue weighted by Crippen LogP contribution is 2.29. The lowest BCUT2D eigenvalue weighted by atomic mass is 9.95. The van der Waals surface area contributed by atoms with E-state index in [-0.39, 0.29) is 23.8 Å². The van der Waals surface area contributed by atoms with Crippen LogP contribution < -0.4 is 10.9 Å². The van der Waals surface area contributed by atoms with Crippen molar-refractivity contribution in [2.24, 2.45) is 0 Å². The fourth-order valence-corrected chi connectivity index (χ4v) is 5.26. The highest BCUT2D eigenvalue weighted by Gasteiger charge is 2.39. The van der Waals surface area contributed by atoms with Crippen LogP contribution in [0.1, 0.15) is 22.5 Å². The summed E-state index contributed by atoms with van der Waals surface area (Å²) in [5.41, 5.74) is 8.36. The number of sulfonamides is 1. The van der Waals surface area contributed by atoms with Crippen molar-refractivity contribution in [2.45, 2.75) is 37.8 Å². The molecule has 2 heterocycles. The smallest absolute Gasteiger partial charge is 0.257 e. The molecular formula is C22H22FN5O3S. The van der Waals surface area contributed by atoms with E-state index in [4.69, 9.17) is 0 Å². The summed E-state index contributed by atoms with van der Waals surface area (Å²) in [5, 5.41) is 0. The molecule has 0 unspecified atom stereocenters. The summed E-state index contributed by atoms with van der Waals surface area (Å²) in [6, 6.07) is 12.7. The fourth-order valence-electron chi connectivity index (χ4n) is 3.70. The standard InChI is InChI=1S/C22H22FN5O3S/c1-14-11-15(2)25-22(24-14)27-26-21(29)20-12-16-5-3-4-6-17(16)13-28(20)32(30,31)19-9-7-18(23)8-10-19/h3-11,20H,12-13H2,1-2H3,(H,26,29)(H,24,25,27)/t20-/m0/s1. The van der Waals surface area contributed by atoms with Gasteiger partial charge in [-0.3, -0.25) is 15.6 Å². The number of rotatable bonds is 5. The van der Waals surface area contributed by atoms with Gasteiger partial charge in [0, 0.05) is 17.9 Å². The van der Waals surface area contributed by atoms with Gasteiger partial charge in [0.15, 0.2) is 0 Å². The first-order valence-electron chi connectivity index (χ1n) is 9.96. The Kier molecular flexibility index (Phi) is 5.90. The predicted molar refractivity (Wildman–Crippen MR) is 116 cm³/mol. The lowest BCUT2D eigenvalue weighted by Crippen LogP contribution is -2.53. The van der Waals surface area contributed by atoms with E-state index in [2.05, 4.69) is 20.8 Å². The Morgan fingerprint density at radius 3 is 2.31 bits per heavy atom. The first-order chi connectivity index (χ1) is 15.2. The number of anilines is 1. The van der Waals surface area contributed by atoms with Crippen molar-refractivity contribution in [3.63, 3.8) is 0 Å². The molecule has 32 heavy (non-hydrogen) atoms. The van der Waals surface area contributed by atoms with Gasteiger partial charge in [-0.1, -0.05) is 24.3 Å². The molecule has 1 amide bonds. The molecule has 10 heteroatoms. The summed E-state index contributed by atoms with van der Waals surface area (Å²) < 4.78 is 41.2. The van der Waals surface area contributed by atoms with Crippen molar-refractivity contribution in [3.05, 3.63) is 82.9 Å². The van der Waals surface area contributed by atoms with E-state index in [1.54, 1.807) is 19.9 Å². The number of aromatic nitrogens is 2. The number of amides is 1. The van der Waals surface area contributed by atoms with Gasteiger partial charge in [0.2, 0.25) is 16.0 Å². The third-order valence-electron chi connectivity index (χ3n) is 5.21. The number of nitrogens with zero attached hydrogens (tertiary/aromatic N) is 3. The Morgan fingerprint density at radius 1 is 1.03 bits per heavy atom. The highest BCUT2D eigenvalue weighted by atomic mass is 32.2. The Balaban J connectivity index is 1.63. The van der Waals surface area contributed by atoms with E-state index in [1.165, 1.54) is 12.1 Å². The maximum Gasteiger partial charge on any atom is 0.257 e. The summed E-state index contributed by atoms with van der Waals surface area (Å²) in [7, 11) is -4.07. The molecule has 1 aromatic heterocycles. The van der Waals surface area contributed by atoms with Gasteiger partial charge in [-0.05, 0) is 61.7 Å². The molecule has 0 fully saturated rings. The zero-order chi connectivity index (χ0) is 22.9. The molecule has 2 N–H and O–H groups in total. The molecule has 8 nitrogen and oxygen atoms in total. The third kappa shape index (κ3) is 4.46. The number of hydrogen-bond acceptors (Lipinski definition) is 6. The van der Waals surface area contributed by atoms with E-state index in [0.717, 1.165) is 39.0 Å². The van der Waals surface area contributed by atoms with Crippen LogP contribution in [0.5, 0.6) is 0 Å². The maximum atomic E-state index is 13.4. The van der Waals surface area contributed by atoms with Gasteiger partial charge >= 0.3 is 0 Å². The van der Waals surface area contributed by atoms with Crippen LogP contribution >= 0.6 is 0 Å². The van der Waals surface area contributed by atoms with Crippen LogP contribution in [0.15, 0.2) is 59.5 Å². The van der Waals surface area contributed by atoms with Crippen LogP contribution in [-0.2, 0) is 27.8 Å². The first kappa shape index (κ1) is 21.8. The molecule has 4 rings (SSSR count). The lowest BCUT2D eigenvalue weighted by molar-refractivity contribution is -0.124. The molecular weight excluding hydrogens is 433 g/mol. The van der Waals surface area contributed by atoms with Gasteiger partial charge < -0.3 is 0 Å². The molecule has 3 aromatic rings. The minimum atomic E-state index is -4.07. The van der Waals surface area contributed by atoms with E-state index in [9.17, 15) is 17.6 Å². The molecule has 0 radical (unpaired) electrons. The van der Waals surface area contributed by atoms with Crippen molar-refractivity contribution >= 4 is 21.9 Å². The molecule has 1 aliphatic heterocycles. The summed E-state index contributed by atoms with van der Waals surface area (Å²) in [5.74, 6) is -0.882. The average Bonchev–Trinajstić information content (AvgIpc) is 2.76. The summed E-state index contributed by atoms with van der Waals surface area (Å²) >= 11 is 0. The molecule has 0 aliphatic carbocycles. The Hall–Kier alpha value is -3.37. The number of carbonyl (C=O) groups is 1. The molecule has 0 spiro atoms. The summed E-state index contributed by atoms with van der Waals surface area (Å²) in [4.78, 5) is 21.4. The molecule has 0 saturated carbocycles. The van der Waals surface area contributed by atoms with Gasteiger partial charge in [0.05, 0.1) is 4.90 Å². The number of benzene rings is 2. The Labute approximate surface area is 185 Å². The van der Waals surface area contributed by atoms with Crippen LogP contribution in [0.25, 0.3) is 0 Å². The monoisotopic (exact) mass is 455 g/mol. The SMILES string of the molecule is Cc1cc(C)nc(NNC(=O)[C@@H]2Cc3ccccc3CN2S(=O)(=O)c2ccc(F)cc2)n1. The van der Waals surface area contributed by atoms with Crippen LogP contribution in [0.2, 0.25) is 0 Å². The molecule has 0 saturated heterocycles. The van der Waals surface area contributed by atoms with Gasteiger partial charge in [-0.15, -0.1) is 0 Å². The minimum Gasteiger partial charge on any atom is -0.271 e. The van der Waals surface area contributed by atoms with Crippen molar-refractivity contribution in [1.29, 1.82) is 0 Å². The van der Waals surface area contributed by atoms with Crippen LogP contribution in [0.3, 0.4) is 0 Å². The third-order valence-corrected chi connectivity index (χ3v) is 7.08. The Morgan fingerprint density at radius 2 is 1.66 bits per heavy atom.